The Bertz CT molecular complexity index is 600. The smallest absolute Gasteiger partial charge is 0.222 e. The minimum absolute atomic E-state index is 0.00667. The van der Waals surface area contributed by atoms with E-state index in [0.717, 1.165) is 19.5 Å². The van der Waals surface area contributed by atoms with Crippen LogP contribution in [0.5, 0.6) is 0 Å². The summed E-state index contributed by atoms with van der Waals surface area (Å²) < 4.78 is 5.59. The molecule has 1 unspecified atom stereocenters. The Morgan fingerprint density at radius 3 is 2.28 bits per heavy atom. The Morgan fingerprint density at radius 2 is 1.72 bits per heavy atom. The van der Waals surface area contributed by atoms with E-state index < -0.39 is 0 Å². The molecule has 0 aromatic heterocycles. The summed E-state index contributed by atoms with van der Waals surface area (Å²) in [6.07, 6.45) is 1.30. The molecule has 1 fully saturated rings. The standard InChI is InChI=1S/C21H26N2O2/c24-21(15-19-16-22-13-14-25-19)23-12-11-20(17-7-3-1-4-8-17)18-9-5-2-6-10-18/h1-10,19-20,22H,11-16H2,(H,23,24). The maximum Gasteiger partial charge on any atom is 0.222 e. The Hall–Kier alpha value is -2.17. The predicted molar refractivity (Wildman–Crippen MR) is 99.6 cm³/mol. The number of hydrogen-bond donors (Lipinski definition) is 2. The highest BCUT2D eigenvalue weighted by atomic mass is 16.5. The van der Waals surface area contributed by atoms with Crippen molar-refractivity contribution in [1.82, 2.24) is 10.6 Å². The van der Waals surface area contributed by atoms with Crippen molar-refractivity contribution in [2.45, 2.75) is 24.9 Å². The van der Waals surface area contributed by atoms with Crippen LogP contribution in [-0.4, -0.2) is 38.3 Å². The zero-order valence-corrected chi connectivity index (χ0v) is 14.5. The molecule has 0 bridgehead atoms. The number of rotatable bonds is 7. The van der Waals surface area contributed by atoms with Crippen LogP contribution in [0.15, 0.2) is 60.7 Å². The van der Waals surface area contributed by atoms with Gasteiger partial charge < -0.3 is 15.4 Å². The number of benzene rings is 2. The molecule has 4 nitrogen and oxygen atoms in total. The third kappa shape index (κ3) is 5.41. The van der Waals surface area contributed by atoms with Crippen molar-refractivity contribution in [2.75, 3.05) is 26.2 Å². The van der Waals surface area contributed by atoms with Crippen molar-refractivity contribution >= 4 is 5.91 Å². The highest BCUT2D eigenvalue weighted by Gasteiger charge is 2.18. The summed E-state index contributed by atoms with van der Waals surface area (Å²) in [6, 6.07) is 20.9. The SMILES string of the molecule is O=C(CC1CNCCO1)NCCC(c1ccccc1)c1ccccc1. The van der Waals surface area contributed by atoms with Gasteiger partial charge in [-0.3, -0.25) is 4.79 Å². The Balaban J connectivity index is 1.55. The van der Waals surface area contributed by atoms with E-state index in [1.165, 1.54) is 11.1 Å². The van der Waals surface area contributed by atoms with Gasteiger partial charge in [-0.05, 0) is 17.5 Å². The Labute approximate surface area is 149 Å². The fourth-order valence-electron chi connectivity index (χ4n) is 3.28. The van der Waals surface area contributed by atoms with Crippen molar-refractivity contribution in [3.05, 3.63) is 71.8 Å². The minimum atomic E-state index is -0.00667. The molecule has 2 N–H and O–H groups in total. The predicted octanol–water partition coefficient (Wildman–Crippen LogP) is 2.70. The van der Waals surface area contributed by atoms with Crippen LogP contribution in [0.4, 0.5) is 0 Å². The molecule has 1 saturated heterocycles. The van der Waals surface area contributed by atoms with Crippen molar-refractivity contribution in [1.29, 1.82) is 0 Å². The first-order valence-corrected chi connectivity index (χ1v) is 9.02. The fraction of sp³-hybridized carbons (Fsp3) is 0.381. The number of morpholine rings is 1. The molecule has 0 spiro atoms. The summed E-state index contributed by atoms with van der Waals surface area (Å²) in [5.41, 5.74) is 2.56. The molecular formula is C21H26N2O2. The van der Waals surface area contributed by atoms with E-state index in [4.69, 9.17) is 4.74 Å². The van der Waals surface area contributed by atoms with Crippen molar-refractivity contribution in [3.8, 4) is 0 Å². The molecule has 132 valence electrons. The van der Waals surface area contributed by atoms with Gasteiger partial charge in [-0.25, -0.2) is 0 Å². The molecule has 1 aliphatic heterocycles. The second kappa shape index (κ2) is 9.35. The third-order valence-corrected chi connectivity index (χ3v) is 4.58. The molecule has 1 aliphatic rings. The van der Waals surface area contributed by atoms with Crippen LogP contribution in [0.2, 0.25) is 0 Å². The van der Waals surface area contributed by atoms with Crippen LogP contribution in [-0.2, 0) is 9.53 Å². The van der Waals surface area contributed by atoms with Crippen LogP contribution in [0.1, 0.15) is 29.9 Å². The quantitative estimate of drug-likeness (QED) is 0.816. The monoisotopic (exact) mass is 338 g/mol. The van der Waals surface area contributed by atoms with Crippen molar-refractivity contribution < 1.29 is 9.53 Å². The highest BCUT2D eigenvalue weighted by Crippen LogP contribution is 2.27. The molecule has 1 amide bonds. The van der Waals surface area contributed by atoms with E-state index in [2.05, 4.69) is 59.2 Å². The molecule has 1 atom stereocenters. The molecule has 2 aromatic rings. The van der Waals surface area contributed by atoms with Crippen LogP contribution < -0.4 is 10.6 Å². The first kappa shape index (κ1) is 17.6. The second-order valence-corrected chi connectivity index (χ2v) is 6.41. The van der Waals surface area contributed by atoms with Crippen LogP contribution in [0, 0.1) is 0 Å². The van der Waals surface area contributed by atoms with Crippen LogP contribution >= 0.6 is 0 Å². The molecule has 0 aliphatic carbocycles. The van der Waals surface area contributed by atoms with Crippen LogP contribution in [0.3, 0.4) is 0 Å². The first-order valence-electron chi connectivity index (χ1n) is 9.02. The summed E-state index contributed by atoms with van der Waals surface area (Å²) in [5, 5.41) is 6.31. The number of amides is 1. The number of ether oxygens (including phenoxy) is 1. The third-order valence-electron chi connectivity index (χ3n) is 4.58. The van der Waals surface area contributed by atoms with E-state index >= 15 is 0 Å². The lowest BCUT2D eigenvalue weighted by atomic mass is 9.88. The van der Waals surface area contributed by atoms with Crippen LogP contribution in [0.25, 0.3) is 0 Å². The molecule has 0 radical (unpaired) electrons. The summed E-state index contributed by atoms with van der Waals surface area (Å²) in [6.45, 7) is 2.97. The van der Waals surface area contributed by atoms with Gasteiger partial charge in [0.15, 0.2) is 0 Å². The van der Waals surface area contributed by atoms with E-state index in [-0.39, 0.29) is 17.9 Å². The summed E-state index contributed by atoms with van der Waals surface area (Å²) in [4.78, 5) is 12.1. The normalized spacial score (nSPS) is 17.4. The average Bonchev–Trinajstić information content (AvgIpc) is 2.67. The van der Waals surface area contributed by atoms with Gasteiger partial charge >= 0.3 is 0 Å². The van der Waals surface area contributed by atoms with Crippen molar-refractivity contribution in [3.63, 3.8) is 0 Å². The summed E-state index contributed by atoms with van der Waals surface area (Å²) >= 11 is 0. The number of carbonyl (C=O) groups excluding carboxylic acids is 1. The fourth-order valence-corrected chi connectivity index (χ4v) is 3.28. The van der Waals surface area contributed by atoms with Crippen molar-refractivity contribution in [2.24, 2.45) is 0 Å². The topological polar surface area (TPSA) is 50.4 Å². The van der Waals surface area contributed by atoms with Gasteiger partial charge in [0.25, 0.3) is 0 Å². The summed E-state index contributed by atoms with van der Waals surface area (Å²) in [5.74, 6) is 0.351. The van der Waals surface area contributed by atoms with E-state index in [1.807, 2.05) is 12.1 Å². The van der Waals surface area contributed by atoms with Gasteiger partial charge in [-0.15, -0.1) is 0 Å². The van der Waals surface area contributed by atoms with E-state index in [0.29, 0.717) is 19.6 Å². The summed E-state index contributed by atoms with van der Waals surface area (Å²) in [7, 11) is 0. The van der Waals surface area contributed by atoms with Gasteiger partial charge in [0.1, 0.15) is 0 Å². The number of carbonyl (C=O) groups is 1. The van der Waals surface area contributed by atoms with Gasteiger partial charge in [-0.1, -0.05) is 60.7 Å². The van der Waals surface area contributed by atoms with E-state index in [1.54, 1.807) is 0 Å². The molecule has 25 heavy (non-hydrogen) atoms. The Kier molecular flexibility index (Phi) is 6.60. The van der Waals surface area contributed by atoms with E-state index in [9.17, 15) is 4.79 Å². The Morgan fingerprint density at radius 1 is 1.08 bits per heavy atom. The number of nitrogens with one attached hydrogen (secondary N) is 2. The molecule has 4 heteroatoms. The zero-order valence-electron chi connectivity index (χ0n) is 14.5. The maximum absolute atomic E-state index is 12.1. The largest absolute Gasteiger partial charge is 0.375 e. The average molecular weight is 338 g/mol. The molecule has 3 rings (SSSR count). The van der Waals surface area contributed by atoms with Gasteiger partial charge in [0.2, 0.25) is 5.91 Å². The van der Waals surface area contributed by atoms with Gasteiger partial charge in [-0.2, -0.15) is 0 Å². The van der Waals surface area contributed by atoms with Gasteiger partial charge in [0, 0.05) is 25.6 Å². The second-order valence-electron chi connectivity index (χ2n) is 6.41. The molecule has 1 heterocycles. The molecule has 2 aromatic carbocycles. The minimum Gasteiger partial charge on any atom is -0.375 e. The number of hydrogen-bond acceptors (Lipinski definition) is 3. The van der Waals surface area contributed by atoms with Gasteiger partial charge in [0.05, 0.1) is 19.1 Å². The maximum atomic E-state index is 12.1. The lowest BCUT2D eigenvalue weighted by Crippen LogP contribution is -2.41. The lowest BCUT2D eigenvalue weighted by molar-refractivity contribution is -0.124. The highest BCUT2D eigenvalue weighted by molar-refractivity contribution is 5.76. The lowest BCUT2D eigenvalue weighted by Gasteiger charge is -2.23. The molecular weight excluding hydrogens is 312 g/mol. The zero-order chi connectivity index (χ0) is 17.3. The molecule has 0 saturated carbocycles. The first-order chi connectivity index (χ1) is 12.3.